The highest BCUT2D eigenvalue weighted by Crippen LogP contribution is 2.32. The van der Waals surface area contributed by atoms with Crippen molar-refractivity contribution < 1.29 is 14.2 Å². The minimum Gasteiger partial charge on any atom is -0.201 e. The number of aromatic nitrogens is 1. The Morgan fingerprint density at radius 2 is 1.46 bits per heavy atom. The van der Waals surface area contributed by atoms with Gasteiger partial charge in [0.05, 0.1) is 1.37 Å². The summed E-state index contributed by atoms with van der Waals surface area (Å²) in [5.74, 6) is 0. The lowest BCUT2D eigenvalue weighted by Crippen LogP contribution is -2.31. The number of aryl methyl sites for hydroxylation is 4. The predicted molar refractivity (Wildman–Crippen MR) is 118 cm³/mol. The predicted octanol–water partition coefficient (Wildman–Crippen LogP) is 6.44. The molecule has 0 saturated heterocycles. The van der Waals surface area contributed by atoms with Crippen molar-refractivity contribution in [3.8, 4) is 33.5 Å². The van der Waals surface area contributed by atoms with Crippen LogP contribution >= 0.6 is 0 Å². The first-order valence-corrected chi connectivity index (χ1v) is 9.19. The van der Waals surface area contributed by atoms with Crippen molar-refractivity contribution in [3.63, 3.8) is 0 Å². The first-order valence-electron chi connectivity index (χ1n) is 12.7. The first-order chi connectivity index (χ1) is 16.4. The van der Waals surface area contributed by atoms with E-state index in [4.69, 9.17) is 9.60 Å². The Labute approximate surface area is 177 Å². The third-order valence-electron chi connectivity index (χ3n) is 5.01. The van der Waals surface area contributed by atoms with Gasteiger partial charge in [-0.25, -0.2) is 4.57 Å². The van der Waals surface area contributed by atoms with E-state index in [1.54, 1.807) is 29.8 Å². The molecule has 0 N–H and O–H groups in total. The minimum atomic E-state index is -2.55. The van der Waals surface area contributed by atoms with Gasteiger partial charge >= 0.3 is 0 Å². The monoisotopic (exact) mass is 371 g/mol. The van der Waals surface area contributed by atoms with Crippen molar-refractivity contribution in [2.24, 2.45) is 7.05 Å². The number of pyridine rings is 1. The number of hydrogen-bond donors (Lipinski definition) is 0. The highest BCUT2D eigenvalue weighted by molar-refractivity contribution is 5.77. The fourth-order valence-electron chi connectivity index (χ4n) is 3.50. The summed E-state index contributed by atoms with van der Waals surface area (Å²) >= 11 is 0. The van der Waals surface area contributed by atoms with Gasteiger partial charge in [0, 0.05) is 25.4 Å². The van der Waals surface area contributed by atoms with Gasteiger partial charge in [0.25, 0.3) is 0 Å². The van der Waals surface area contributed by atoms with Gasteiger partial charge < -0.3 is 0 Å². The van der Waals surface area contributed by atoms with Gasteiger partial charge in [-0.1, -0.05) is 66.7 Å². The van der Waals surface area contributed by atoms with E-state index in [2.05, 4.69) is 0 Å². The molecule has 1 heterocycles. The van der Waals surface area contributed by atoms with Crippen molar-refractivity contribution in [2.45, 2.75) is 20.6 Å². The molecule has 4 rings (SSSR count). The molecule has 1 nitrogen and oxygen atoms in total. The van der Waals surface area contributed by atoms with Crippen LogP contribution in [0.4, 0.5) is 0 Å². The van der Waals surface area contributed by atoms with Crippen LogP contribution in [-0.2, 0) is 7.05 Å². The van der Waals surface area contributed by atoms with Gasteiger partial charge in [0.15, 0.2) is 6.20 Å². The Hall–Kier alpha value is -3.19. The summed E-state index contributed by atoms with van der Waals surface area (Å²) in [6, 6.07) is 21.8. The van der Waals surface area contributed by atoms with Crippen LogP contribution in [0, 0.1) is 20.6 Å². The lowest BCUT2D eigenvalue weighted by Gasteiger charge is -2.13. The highest BCUT2D eigenvalue weighted by atomic mass is 14.9. The zero-order valence-electron chi connectivity index (χ0n) is 23.0. The molecular formula is C27H26N+. The molecular weight excluding hydrogens is 338 g/mol. The molecule has 0 aliphatic carbocycles. The van der Waals surface area contributed by atoms with Crippen LogP contribution in [-0.4, -0.2) is 0 Å². The van der Waals surface area contributed by atoms with Crippen LogP contribution in [0.1, 0.15) is 26.3 Å². The zero-order chi connectivity index (χ0) is 25.5. The fourth-order valence-corrected chi connectivity index (χ4v) is 3.50. The fraction of sp³-hybridized carbons (Fsp3) is 0.148. The van der Waals surface area contributed by atoms with Gasteiger partial charge in [-0.3, -0.25) is 0 Å². The maximum atomic E-state index is 8.85. The van der Waals surface area contributed by atoms with E-state index in [0.29, 0.717) is 5.56 Å². The quantitative estimate of drug-likeness (QED) is 0.365. The van der Waals surface area contributed by atoms with Crippen LogP contribution < -0.4 is 4.57 Å². The number of nitrogens with zero attached hydrogens (tertiary/aromatic N) is 1. The summed E-state index contributed by atoms with van der Waals surface area (Å²) in [5.41, 5.74) is 4.32. The molecule has 4 aromatic rings. The van der Waals surface area contributed by atoms with Gasteiger partial charge in [-0.2, -0.15) is 0 Å². The minimum absolute atomic E-state index is 0.00351. The Kier molecular flexibility index (Phi) is 3.08. The number of benzene rings is 3. The second-order valence-electron chi connectivity index (χ2n) is 6.95. The summed E-state index contributed by atoms with van der Waals surface area (Å²) in [7, 11) is 1.77. The largest absolute Gasteiger partial charge is 0.213 e. The molecule has 0 atom stereocenters. The molecule has 0 aliphatic rings. The second-order valence-corrected chi connectivity index (χ2v) is 6.95. The lowest BCUT2D eigenvalue weighted by atomic mass is 9.92. The van der Waals surface area contributed by atoms with Gasteiger partial charge in [-0.15, -0.1) is 0 Å². The van der Waals surface area contributed by atoms with Crippen molar-refractivity contribution in [3.05, 3.63) is 102 Å². The Balaban J connectivity index is 2.08. The molecule has 0 radical (unpaired) electrons. The summed E-state index contributed by atoms with van der Waals surface area (Å²) in [5, 5.41) is 0. The van der Waals surface area contributed by atoms with E-state index in [1.807, 2.05) is 61.5 Å². The maximum Gasteiger partial charge on any atom is 0.213 e. The summed E-state index contributed by atoms with van der Waals surface area (Å²) in [4.78, 5) is 0. The van der Waals surface area contributed by atoms with Gasteiger partial charge in [-0.05, 0) is 60.1 Å². The third kappa shape index (κ3) is 3.36. The van der Waals surface area contributed by atoms with Crippen LogP contribution in [0.5, 0.6) is 0 Å². The summed E-state index contributed by atoms with van der Waals surface area (Å²) < 4.78 is 59.8. The van der Waals surface area contributed by atoms with E-state index >= 15 is 0 Å². The topological polar surface area (TPSA) is 3.88 Å². The van der Waals surface area contributed by atoms with Crippen LogP contribution in [0.3, 0.4) is 0 Å². The molecule has 3 aromatic carbocycles. The van der Waals surface area contributed by atoms with Crippen LogP contribution in [0.15, 0.2) is 85.0 Å². The van der Waals surface area contributed by atoms with Crippen LogP contribution in [0.2, 0.25) is 0 Å². The molecule has 0 unspecified atom stereocenters. The zero-order valence-corrected chi connectivity index (χ0v) is 16.0. The molecule has 0 bridgehead atoms. The maximum absolute atomic E-state index is 8.85. The average molecular weight is 372 g/mol. The van der Waals surface area contributed by atoms with Crippen molar-refractivity contribution in [1.82, 2.24) is 0 Å². The number of hydrogen-bond acceptors (Lipinski definition) is 0. The van der Waals surface area contributed by atoms with E-state index in [9.17, 15) is 0 Å². The Morgan fingerprint density at radius 1 is 0.714 bits per heavy atom. The van der Waals surface area contributed by atoms with E-state index in [1.165, 1.54) is 6.20 Å². The normalized spacial score (nSPS) is 15.4. The van der Waals surface area contributed by atoms with E-state index in [0.717, 1.165) is 22.4 Å². The first kappa shape index (κ1) is 11.6. The molecule has 28 heavy (non-hydrogen) atoms. The molecule has 0 fully saturated rings. The van der Waals surface area contributed by atoms with Gasteiger partial charge in [0.1, 0.15) is 7.05 Å². The Morgan fingerprint density at radius 3 is 2.21 bits per heavy atom. The molecule has 0 spiro atoms. The second kappa shape index (κ2) is 7.44. The number of rotatable bonds is 3. The SMILES string of the molecule is [2H]c1cc(-c2ccccc2)cc(C([2H])([2H])[2H])c1-c1cc(-c2ccccc2C)[n+](C)cc1C([2H])([2H])[2H]. The summed E-state index contributed by atoms with van der Waals surface area (Å²) in [6.45, 7) is -3.10. The average Bonchev–Trinajstić information content (AvgIpc) is 2.78. The highest BCUT2D eigenvalue weighted by Gasteiger charge is 2.17. The smallest absolute Gasteiger partial charge is 0.201 e. The molecule has 0 saturated carbocycles. The standard InChI is InChI=1S/C27H26N/c1-19-10-8-9-13-25(19)27-17-26(21(3)18-28(27)4)24-15-14-23(16-20(24)2)22-11-6-5-7-12-22/h5-18H,1-4H3/q+1/i2D3,3D3,15D. The van der Waals surface area contributed by atoms with Crippen LogP contribution in [0.25, 0.3) is 33.5 Å². The summed E-state index contributed by atoms with van der Waals surface area (Å²) in [6.07, 6.45) is 1.53. The van der Waals surface area contributed by atoms with E-state index < -0.39 is 13.7 Å². The van der Waals surface area contributed by atoms with Gasteiger partial charge in [0.2, 0.25) is 5.69 Å². The molecule has 1 heteroatoms. The lowest BCUT2D eigenvalue weighted by molar-refractivity contribution is -0.660. The molecule has 0 amide bonds. The third-order valence-corrected chi connectivity index (χ3v) is 5.01. The van der Waals surface area contributed by atoms with E-state index in [-0.39, 0.29) is 28.3 Å². The molecule has 138 valence electrons. The molecule has 0 aliphatic heterocycles. The van der Waals surface area contributed by atoms with Crippen molar-refractivity contribution in [1.29, 1.82) is 0 Å². The Bertz CT molecular complexity index is 1390. The van der Waals surface area contributed by atoms with Crippen molar-refractivity contribution >= 4 is 0 Å². The molecule has 1 aromatic heterocycles. The van der Waals surface area contributed by atoms with Crippen molar-refractivity contribution in [2.75, 3.05) is 0 Å².